The quantitative estimate of drug-likeness (QED) is 0.663. The number of rotatable bonds is 6. The molecule has 2 heteroatoms. The second kappa shape index (κ2) is 6.25. The maximum absolute atomic E-state index is 5.73. The van der Waals surface area contributed by atoms with E-state index in [-0.39, 0.29) is 6.29 Å². The summed E-state index contributed by atoms with van der Waals surface area (Å²) in [5.41, 5.74) is 0.996. The fourth-order valence-electron chi connectivity index (χ4n) is 1.32. The molecule has 0 aromatic heterocycles. The molecule has 0 N–H and O–H groups in total. The summed E-state index contributed by atoms with van der Waals surface area (Å²) in [4.78, 5) is 0. The highest BCUT2D eigenvalue weighted by molar-refractivity contribution is 5.55. The lowest BCUT2D eigenvalue weighted by atomic mass is 10.2. The molecule has 0 radical (unpaired) electrons. The Labute approximate surface area is 91.5 Å². The van der Waals surface area contributed by atoms with Gasteiger partial charge in [0.05, 0.1) is 0 Å². The zero-order valence-electron chi connectivity index (χ0n) is 9.40. The van der Waals surface area contributed by atoms with Crippen LogP contribution in [0, 0.1) is 0 Å². The van der Waals surface area contributed by atoms with Gasteiger partial charge in [-0.25, -0.2) is 0 Å². The van der Waals surface area contributed by atoms with E-state index in [4.69, 9.17) is 9.47 Å². The smallest absolute Gasteiger partial charge is 0.199 e. The lowest BCUT2D eigenvalue weighted by molar-refractivity contribution is -0.0767. The lowest BCUT2D eigenvalue weighted by Crippen LogP contribution is -2.19. The van der Waals surface area contributed by atoms with Crippen molar-refractivity contribution < 1.29 is 9.47 Å². The van der Waals surface area contributed by atoms with Gasteiger partial charge in [-0.15, -0.1) is 0 Å². The van der Waals surface area contributed by atoms with Gasteiger partial charge in [-0.3, -0.25) is 0 Å². The van der Waals surface area contributed by atoms with Crippen LogP contribution in [0.4, 0.5) is 0 Å². The first-order valence-electron chi connectivity index (χ1n) is 5.31. The van der Waals surface area contributed by atoms with E-state index < -0.39 is 0 Å². The van der Waals surface area contributed by atoms with Crippen molar-refractivity contribution in [3.05, 3.63) is 36.4 Å². The summed E-state index contributed by atoms with van der Waals surface area (Å²) in [6, 6.07) is 7.81. The predicted molar refractivity (Wildman–Crippen MR) is 62.9 cm³/mol. The number of ether oxygens (including phenoxy) is 2. The molecule has 1 atom stereocenters. The standard InChI is InChI=1S/C13H18O2/c1-4-11-9-7-8-10-12(11)15-13(5-2)14-6-3/h4,7-10,13H,1,5-6H2,2-3H3. The Morgan fingerprint density at radius 1 is 1.33 bits per heavy atom. The van der Waals surface area contributed by atoms with Crippen LogP contribution in [0.5, 0.6) is 5.75 Å². The molecule has 0 spiro atoms. The number of benzene rings is 1. The summed E-state index contributed by atoms with van der Waals surface area (Å²) < 4.78 is 11.2. The van der Waals surface area contributed by atoms with Gasteiger partial charge in [0.2, 0.25) is 0 Å². The summed E-state index contributed by atoms with van der Waals surface area (Å²) in [5.74, 6) is 0.827. The van der Waals surface area contributed by atoms with Crippen molar-refractivity contribution in [2.24, 2.45) is 0 Å². The highest BCUT2D eigenvalue weighted by atomic mass is 16.7. The Morgan fingerprint density at radius 3 is 2.67 bits per heavy atom. The molecule has 0 aliphatic carbocycles. The molecule has 15 heavy (non-hydrogen) atoms. The monoisotopic (exact) mass is 206 g/mol. The zero-order chi connectivity index (χ0) is 11.1. The molecule has 82 valence electrons. The van der Waals surface area contributed by atoms with Crippen LogP contribution in [0.2, 0.25) is 0 Å². The third kappa shape index (κ3) is 3.40. The predicted octanol–water partition coefficient (Wildman–Crippen LogP) is 3.48. The van der Waals surface area contributed by atoms with Gasteiger partial charge in [-0.1, -0.05) is 37.8 Å². The van der Waals surface area contributed by atoms with Crippen molar-refractivity contribution >= 4 is 6.08 Å². The van der Waals surface area contributed by atoms with Gasteiger partial charge in [0.25, 0.3) is 0 Å². The van der Waals surface area contributed by atoms with Gasteiger partial charge in [0.1, 0.15) is 5.75 Å². The molecule has 1 unspecified atom stereocenters. The molecule has 0 bridgehead atoms. The normalized spacial score (nSPS) is 12.1. The lowest BCUT2D eigenvalue weighted by Gasteiger charge is -2.18. The number of hydrogen-bond donors (Lipinski definition) is 0. The first-order valence-corrected chi connectivity index (χ1v) is 5.31. The topological polar surface area (TPSA) is 18.5 Å². The van der Waals surface area contributed by atoms with Crippen LogP contribution in [0.25, 0.3) is 6.08 Å². The minimum Gasteiger partial charge on any atom is -0.464 e. The second-order valence-corrected chi connectivity index (χ2v) is 3.15. The molecule has 0 fully saturated rings. The Hall–Kier alpha value is -1.28. The van der Waals surface area contributed by atoms with Gasteiger partial charge in [0.15, 0.2) is 6.29 Å². The van der Waals surface area contributed by atoms with E-state index in [0.29, 0.717) is 6.61 Å². The molecule has 0 saturated carbocycles. The molecule has 1 rings (SSSR count). The Bertz CT molecular complexity index is 307. The van der Waals surface area contributed by atoms with Crippen molar-refractivity contribution in [1.82, 2.24) is 0 Å². The fraction of sp³-hybridized carbons (Fsp3) is 0.385. The number of hydrogen-bond acceptors (Lipinski definition) is 2. The van der Waals surface area contributed by atoms with Crippen LogP contribution in [0.1, 0.15) is 25.8 Å². The van der Waals surface area contributed by atoms with Crippen LogP contribution in [0.15, 0.2) is 30.8 Å². The third-order valence-electron chi connectivity index (χ3n) is 2.08. The minimum atomic E-state index is -0.170. The molecular formula is C13H18O2. The molecule has 1 aromatic rings. The Balaban J connectivity index is 2.73. The molecule has 0 heterocycles. The Morgan fingerprint density at radius 2 is 2.07 bits per heavy atom. The van der Waals surface area contributed by atoms with E-state index in [9.17, 15) is 0 Å². The average Bonchev–Trinajstić information content (AvgIpc) is 2.29. The van der Waals surface area contributed by atoms with E-state index in [1.807, 2.05) is 38.1 Å². The largest absolute Gasteiger partial charge is 0.464 e. The van der Waals surface area contributed by atoms with E-state index in [2.05, 4.69) is 6.58 Å². The summed E-state index contributed by atoms with van der Waals surface area (Å²) in [6.45, 7) is 8.41. The van der Waals surface area contributed by atoms with E-state index in [0.717, 1.165) is 17.7 Å². The van der Waals surface area contributed by atoms with Crippen molar-refractivity contribution in [3.63, 3.8) is 0 Å². The maximum atomic E-state index is 5.73. The zero-order valence-corrected chi connectivity index (χ0v) is 9.40. The first kappa shape index (κ1) is 11.8. The minimum absolute atomic E-state index is 0.170. The highest BCUT2D eigenvalue weighted by Crippen LogP contribution is 2.21. The molecule has 1 aromatic carbocycles. The molecular weight excluding hydrogens is 188 g/mol. The molecule has 0 amide bonds. The average molecular weight is 206 g/mol. The van der Waals surface area contributed by atoms with Gasteiger partial charge >= 0.3 is 0 Å². The van der Waals surface area contributed by atoms with Gasteiger partial charge < -0.3 is 9.47 Å². The highest BCUT2D eigenvalue weighted by Gasteiger charge is 2.08. The van der Waals surface area contributed by atoms with Crippen LogP contribution >= 0.6 is 0 Å². The third-order valence-corrected chi connectivity index (χ3v) is 2.08. The van der Waals surface area contributed by atoms with Crippen molar-refractivity contribution in [3.8, 4) is 5.75 Å². The van der Waals surface area contributed by atoms with Gasteiger partial charge in [-0.2, -0.15) is 0 Å². The van der Waals surface area contributed by atoms with Crippen molar-refractivity contribution in [2.45, 2.75) is 26.6 Å². The first-order chi connectivity index (χ1) is 7.31. The Kier molecular flexibility index (Phi) is 4.91. The van der Waals surface area contributed by atoms with E-state index >= 15 is 0 Å². The van der Waals surface area contributed by atoms with Crippen LogP contribution in [-0.4, -0.2) is 12.9 Å². The second-order valence-electron chi connectivity index (χ2n) is 3.15. The summed E-state index contributed by atoms with van der Waals surface area (Å²) in [7, 11) is 0. The van der Waals surface area contributed by atoms with Crippen molar-refractivity contribution in [2.75, 3.05) is 6.61 Å². The SMILES string of the molecule is C=Cc1ccccc1OC(CC)OCC. The molecule has 2 nitrogen and oxygen atoms in total. The molecule has 0 aliphatic rings. The molecule has 0 aliphatic heterocycles. The van der Waals surface area contributed by atoms with Crippen LogP contribution in [0.3, 0.4) is 0 Å². The van der Waals surface area contributed by atoms with E-state index in [1.165, 1.54) is 0 Å². The maximum Gasteiger partial charge on any atom is 0.199 e. The van der Waals surface area contributed by atoms with Gasteiger partial charge in [-0.05, 0) is 13.0 Å². The van der Waals surface area contributed by atoms with Crippen LogP contribution < -0.4 is 4.74 Å². The van der Waals surface area contributed by atoms with E-state index in [1.54, 1.807) is 6.08 Å². The number of para-hydroxylation sites is 1. The van der Waals surface area contributed by atoms with Crippen LogP contribution in [-0.2, 0) is 4.74 Å². The van der Waals surface area contributed by atoms with Crippen molar-refractivity contribution in [1.29, 1.82) is 0 Å². The van der Waals surface area contributed by atoms with Gasteiger partial charge in [0, 0.05) is 18.6 Å². The summed E-state index contributed by atoms with van der Waals surface area (Å²) >= 11 is 0. The summed E-state index contributed by atoms with van der Waals surface area (Å²) in [6.07, 6.45) is 2.45. The fourth-order valence-corrected chi connectivity index (χ4v) is 1.32. The summed E-state index contributed by atoms with van der Waals surface area (Å²) in [5, 5.41) is 0. The molecule has 0 saturated heterocycles.